The first-order chi connectivity index (χ1) is 9.95. The van der Waals surface area contributed by atoms with Gasteiger partial charge in [0.25, 0.3) is 5.91 Å². The van der Waals surface area contributed by atoms with Crippen LogP contribution in [0.1, 0.15) is 15.2 Å². The first kappa shape index (κ1) is 14.9. The van der Waals surface area contributed by atoms with Crippen LogP contribution in [0.4, 0.5) is 14.5 Å². The molecule has 21 heavy (non-hydrogen) atoms. The van der Waals surface area contributed by atoms with Crippen LogP contribution in [0.5, 0.6) is 0 Å². The SMILES string of the molecule is O=C(O)C=Cc1cc(C(=O)Nc2ccc(F)c(F)c2)cs1. The Bertz CT molecular complexity index is 725. The summed E-state index contributed by atoms with van der Waals surface area (Å²) < 4.78 is 25.8. The maximum absolute atomic E-state index is 13.0. The number of anilines is 1. The third-order valence-corrected chi connectivity index (χ3v) is 3.35. The maximum atomic E-state index is 13.0. The van der Waals surface area contributed by atoms with E-state index in [1.54, 1.807) is 0 Å². The molecule has 0 atom stereocenters. The van der Waals surface area contributed by atoms with E-state index in [0.29, 0.717) is 10.4 Å². The smallest absolute Gasteiger partial charge is 0.328 e. The summed E-state index contributed by atoms with van der Waals surface area (Å²) in [5.74, 6) is -3.63. The number of amides is 1. The third kappa shape index (κ3) is 3.96. The molecule has 0 unspecified atom stereocenters. The monoisotopic (exact) mass is 309 g/mol. The average molecular weight is 309 g/mol. The lowest BCUT2D eigenvalue weighted by Crippen LogP contribution is -2.11. The van der Waals surface area contributed by atoms with Crippen LogP contribution in [0.15, 0.2) is 35.7 Å². The van der Waals surface area contributed by atoms with Gasteiger partial charge in [-0.15, -0.1) is 11.3 Å². The molecule has 1 amide bonds. The second-order valence-corrected chi connectivity index (χ2v) is 4.94. The summed E-state index contributed by atoms with van der Waals surface area (Å²) in [5.41, 5.74) is 0.433. The minimum absolute atomic E-state index is 0.132. The number of nitrogens with one attached hydrogen (secondary N) is 1. The minimum atomic E-state index is -1.09. The van der Waals surface area contributed by atoms with Crippen LogP contribution in [0, 0.1) is 11.6 Å². The number of carboxylic acid groups (broad SMARTS) is 1. The van der Waals surface area contributed by atoms with Gasteiger partial charge in [0.1, 0.15) is 0 Å². The lowest BCUT2D eigenvalue weighted by Gasteiger charge is -2.03. The number of thiophene rings is 1. The largest absolute Gasteiger partial charge is 0.478 e. The van der Waals surface area contributed by atoms with E-state index in [2.05, 4.69) is 5.32 Å². The molecule has 1 aromatic carbocycles. The fourth-order valence-electron chi connectivity index (χ4n) is 1.49. The van der Waals surface area contributed by atoms with Gasteiger partial charge in [-0.25, -0.2) is 13.6 Å². The van der Waals surface area contributed by atoms with Crippen LogP contribution in [0.2, 0.25) is 0 Å². The summed E-state index contributed by atoms with van der Waals surface area (Å²) in [6.07, 6.45) is 2.32. The van der Waals surface area contributed by atoms with Crippen LogP contribution < -0.4 is 5.32 Å². The molecule has 0 radical (unpaired) electrons. The molecule has 0 aliphatic carbocycles. The Morgan fingerprint density at radius 3 is 2.62 bits per heavy atom. The Balaban J connectivity index is 2.10. The van der Waals surface area contributed by atoms with Gasteiger partial charge in [-0.05, 0) is 24.3 Å². The Labute approximate surface area is 122 Å². The van der Waals surface area contributed by atoms with Gasteiger partial charge < -0.3 is 10.4 Å². The highest BCUT2D eigenvalue weighted by Gasteiger charge is 2.10. The quantitative estimate of drug-likeness (QED) is 0.851. The molecule has 0 spiro atoms. The Hall–Kier alpha value is -2.54. The van der Waals surface area contributed by atoms with E-state index in [0.717, 1.165) is 18.2 Å². The molecule has 0 aliphatic heterocycles. The predicted molar refractivity (Wildman–Crippen MR) is 75.3 cm³/mol. The number of hydrogen-bond acceptors (Lipinski definition) is 3. The Morgan fingerprint density at radius 2 is 1.95 bits per heavy atom. The molecule has 0 fully saturated rings. The molecule has 0 saturated heterocycles. The zero-order valence-electron chi connectivity index (χ0n) is 10.5. The van der Waals surface area contributed by atoms with Gasteiger partial charge in [0, 0.05) is 28.1 Å². The summed E-state index contributed by atoms with van der Waals surface area (Å²) in [6, 6.07) is 4.54. The molecule has 0 saturated carbocycles. The zero-order chi connectivity index (χ0) is 15.4. The summed E-state index contributed by atoms with van der Waals surface area (Å²) in [6.45, 7) is 0. The fraction of sp³-hybridized carbons (Fsp3) is 0. The molecular weight excluding hydrogens is 300 g/mol. The van der Waals surface area contributed by atoms with Crippen molar-refractivity contribution in [3.05, 3.63) is 57.8 Å². The highest BCUT2D eigenvalue weighted by Crippen LogP contribution is 2.19. The van der Waals surface area contributed by atoms with Crippen molar-refractivity contribution in [2.24, 2.45) is 0 Å². The van der Waals surface area contributed by atoms with Gasteiger partial charge in [0.05, 0.1) is 5.56 Å². The Morgan fingerprint density at radius 1 is 1.19 bits per heavy atom. The number of hydrogen-bond donors (Lipinski definition) is 2. The molecular formula is C14H9F2NO3S. The number of carboxylic acids is 1. The lowest BCUT2D eigenvalue weighted by molar-refractivity contribution is -0.131. The first-order valence-electron chi connectivity index (χ1n) is 5.71. The standard InChI is InChI=1S/C14H9F2NO3S/c15-11-3-1-9(6-12(11)16)17-14(20)8-5-10(21-7-8)2-4-13(18)19/h1-7H,(H,17,20)(H,18,19). The molecule has 108 valence electrons. The van der Waals surface area contributed by atoms with Crippen LogP contribution in [0.25, 0.3) is 6.08 Å². The van der Waals surface area contributed by atoms with Crippen molar-refractivity contribution in [3.63, 3.8) is 0 Å². The average Bonchev–Trinajstić information content (AvgIpc) is 2.89. The summed E-state index contributed by atoms with van der Waals surface area (Å²) in [5, 5.41) is 12.5. The van der Waals surface area contributed by atoms with Crippen LogP contribution >= 0.6 is 11.3 Å². The number of carbonyl (C=O) groups is 2. The van der Waals surface area contributed by atoms with Crippen LogP contribution in [-0.2, 0) is 4.79 Å². The van der Waals surface area contributed by atoms with E-state index in [4.69, 9.17) is 5.11 Å². The molecule has 0 bridgehead atoms. The van der Waals surface area contributed by atoms with Crippen molar-refractivity contribution in [1.82, 2.24) is 0 Å². The van der Waals surface area contributed by atoms with Gasteiger partial charge in [-0.1, -0.05) is 0 Å². The summed E-state index contributed by atoms with van der Waals surface area (Å²) in [7, 11) is 0. The van der Waals surface area contributed by atoms with Crippen LogP contribution in [-0.4, -0.2) is 17.0 Å². The summed E-state index contributed by atoms with van der Waals surface area (Å²) in [4.78, 5) is 22.9. The van der Waals surface area contributed by atoms with Gasteiger partial charge in [0.15, 0.2) is 11.6 Å². The van der Waals surface area contributed by atoms with Gasteiger partial charge >= 0.3 is 5.97 Å². The van der Waals surface area contributed by atoms with Crippen molar-refractivity contribution in [2.75, 3.05) is 5.32 Å². The lowest BCUT2D eigenvalue weighted by atomic mass is 10.2. The first-order valence-corrected chi connectivity index (χ1v) is 6.59. The number of benzene rings is 1. The molecule has 1 aromatic heterocycles. The molecule has 1 heterocycles. The van der Waals surface area contributed by atoms with Crippen molar-refractivity contribution in [1.29, 1.82) is 0 Å². The van der Waals surface area contributed by atoms with Crippen LogP contribution in [0.3, 0.4) is 0 Å². The van der Waals surface area contributed by atoms with E-state index < -0.39 is 23.5 Å². The minimum Gasteiger partial charge on any atom is -0.478 e. The maximum Gasteiger partial charge on any atom is 0.328 e. The number of aliphatic carboxylic acids is 1. The summed E-state index contributed by atoms with van der Waals surface area (Å²) >= 11 is 1.19. The normalized spacial score (nSPS) is 10.8. The molecule has 4 nitrogen and oxygen atoms in total. The van der Waals surface area contributed by atoms with Crippen molar-refractivity contribution in [2.45, 2.75) is 0 Å². The second kappa shape index (κ2) is 6.27. The van der Waals surface area contributed by atoms with E-state index >= 15 is 0 Å². The highest BCUT2D eigenvalue weighted by molar-refractivity contribution is 7.11. The van der Waals surface area contributed by atoms with Gasteiger partial charge in [-0.2, -0.15) is 0 Å². The molecule has 0 aliphatic rings. The number of carbonyl (C=O) groups excluding carboxylic acids is 1. The third-order valence-electron chi connectivity index (χ3n) is 2.45. The van der Waals surface area contributed by atoms with Crippen molar-refractivity contribution < 1.29 is 23.5 Å². The van der Waals surface area contributed by atoms with Crippen molar-refractivity contribution in [3.8, 4) is 0 Å². The second-order valence-electron chi connectivity index (χ2n) is 3.99. The van der Waals surface area contributed by atoms with E-state index in [1.807, 2.05) is 0 Å². The predicted octanol–water partition coefficient (Wildman–Crippen LogP) is 3.38. The molecule has 2 aromatic rings. The fourth-order valence-corrected chi connectivity index (χ4v) is 2.27. The van der Waals surface area contributed by atoms with E-state index in [-0.39, 0.29) is 5.69 Å². The zero-order valence-corrected chi connectivity index (χ0v) is 11.3. The van der Waals surface area contributed by atoms with Crippen molar-refractivity contribution >= 4 is 35.0 Å². The molecule has 7 heteroatoms. The number of rotatable bonds is 4. The highest BCUT2D eigenvalue weighted by atomic mass is 32.1. The van der Waals surface area contributed by atoms with Gasteiger partial charge in [-0.3, -0.25) is 4.79 Å². The topological polar surface area (TPSA) is 66.4 Å². The van der Waals surface area contributed by atoms with Gasteiger partial charge in [0.2, 0.25) is 0 Å². The number of halogens is 2. The molecule has 2 N–H and O–H groups in total. The molecule has 2 rings (SSSR count). The van der Waals surface area contributed by atoms with E-state index in [9.17, 15) is 18.4 Å². The Kier molecular flexibility index (Phi) is 4.44. The van der Waals surface area contributed by atoms with E-state index in [1.165, 1.54) is 34.9 Å².